The summed E-state index contributed by atoms with van der Waals surface area (Å²) in [7, 11) is 0. The highest BCUT2D eigenvalue weighted by atomic mass is 35.5. The van der Waals surface area contributed by atoms with Crippen molar-refractivity contribution in [3.63, 3.8) is 0 Å². The zero-order valence-electron chi connectivity index (χ0n) is 12.2. The van der Waals surface area contributed by atoms with Crippen molar-refractivity contribution >= 4 is 23.5 Å². The van der Waals surface area contributed by atoms with Gasteiger partial charge in [-0.2, -0.15) is 0 Å². The molecule has 0 saturated heterocycles. The summed E-state index contributed by atoms with van der Waals surface area (Å²) in [5.74, 6) is -0.880. The first-order chi connectivity index (χ1) is 10.4. The average Bonchev–Trinajstić information content (AvgIpc) is 2.85. The van der Waals surface area contributed by atoms with Crippen LogP contribution in [0, 0.1) is 6.92 Å². The molecule has 2 rings (SSSR count). The minimum Gasteiger partial charge on any atom is -0.478 e. The van der Waals surface area contributed by atoms with Crippen molar-refractivity contribution in [3.05, 3.63) is 58.0 Å². The van der Waals surface area contributed by atoms with Gasteiger partial charge in [0.15, 0.2) is 0 Å². The Morgan fingerprint density at radius 2 is 2.09 bits per heavy atom. The molecule has 1 atom stereocenters. The van der Waals surface area contributed by atoms with E-state index in [1.807, 2.05) is 6.07 Å². The van der Waals surface area contributed by atoms with E-state index in [-0.39, 0.29) is 23.9 Å². The molecule has 2 aromatic rings. The van der Waals surface area contributed by atoms with Crippen LogP contribution in [-0.4, -0.2) is 17.0 Å². The molecule has 0 saturated carbocycles. The van der Waals surface area contributed by atoms with Crippen molar-refractivity contribution in [2.45, 2.75) is 26.3 Å². The molecule has 5 nitrogen and oxygen atoms in total. The van der Waals surface area contributed by atoms with E-state index >= 15 is 0 Å². The van der Waals surface area contributed by atoms with Gasteiger partial charge in [0, 0.05) is 5.02 Å². The van der Waals surface area contributed by atoms with Crippen molar-refractivity contribution in [1.82, 2.24) is 5.32 Å². The summed E-state index contributed by atoms with van der Waals surface area (Å²) in [5.41, 5.74) is 0.916. The summed E-state index contributed by atoms with van der Waals surface area (Å²) in [6.07, 6.45) is 0. The summed E-state index contributed by atoms with van der Waals surface area (Å²) < 4.78 is 5.31. The van der Waals surface area contributed by atoms with Crippen molar-refractivity contribution in [1.29, 1.82) is 0 Å². The monoisotopic (exact) mass is 321 g/mol. The molecule has 0 spiro atoms. The Hall–Kier alpha value is -2.27. The van der Waals surface area contributed by atoms with Crippen LogP contribution in [0.5, 0.6) is 0 Å². The SMILES string of the molecule is Cc1oc(CNC(=O)C(C)c2cccc(Cl)c2)cc1C(=O)O. The van der Waals surface area contributed by atoms with E-state index in [1.54, 1.807) is 32.0 Å². The summed E-state index contributed by atoms with van der Waals surface area (Å²) in [6.45, 7) is 3.48. The van der Waals surface area contributed by atoms with Gasteiger partial charge in [-0.15, -0.1) is 0 Å². The Labute approximate surface area is 132 Å². The zero-order chi connectivity index (χ0) is 16.3. The standard InChI is InChI=1S/C16H16ClNO4/c1-9(11-4-3-5-12(17)6-11)15(19)18-8-13-7-14(16(20)21)10(2)22-13/h3-7,9H,8H2,1-2H3,(H,18,19)(H,20,21). The van der Waals surface area contributed by atoms with Gasteiger partial charge in [0.05, 0.1) is 12.5 Å². The molecule has 116 valence electrons. The highest BCUT2D eigenvalue weighted by Crippen LogP contribution is 2.20. The Kier molecular flexibility index (Phi) is 4.88. The third-order valence-corrected chi connectivity index (χ3v) is 3.61. The number of rotatable bonds is 5. The highest BCUT2D eigenvalue weighted by Gasteiger charge is 2.17. The fraction of sp³-hybridized carbons (Fsp3) is 0.250. The lowest BCUT2D eigenvalue weighted by atomic mass is 10.0. The second kappa shape index (κ2) is 6.66. The molecule has 1 amide bonds. The van der Waals surface area contributed by atoms with Gasteiger partial charge in [-0.05, 0) is 37.6 Å². The van der Waals surface area contributed by atoms with Crippen LogP contribution < -0.4 is 5.32 Å². The van der Waals surface area contributed by atoms with Crippen LogP contribution in [0.2, 0.25) is 5.02 Å². The number of carbonyl (C=O) groups excluding carboxylic acids is 1. The third-order valence-electron chi connectivity index (χ3n) is 3.38. The van der Waals surface area contributed by atoms with Crippen LogP contribution >= 0.6 is 11.6 Å². The molecule has 2 N–H and O–H groups in total. The van der Waals surface area contributed by atoms with Crippen LogP contribution in [0.25, 0.3) is 0 Å². The predicted octanol–water partition coefficient (Wildman–Crippen LogP) is 3.36. The van der Waals surface area contributed by atoms with Gasteiger partial charge >= 0.3 is 5.97 Å². The predicted molar refractivity (Wildman–Crippen MR) is 82.1 cm³/mol. The molecule has 0 aliphatic carbocycles. The topological polar surface area (TPSA) is 79.5 Å². The second-order valence-electron chi connectivity index (χ2n) is 4.98. The number of hydrogen-bond acceptors (Lipinski definition) is 3. The fourth-order valence-electron chi connectivity index (χ4n) is 2.10. The summed E-state index contributed by atoms with van der Waals surface area (Å²) in [4.78, 5) is 23.1. The van der Waals surface area contributed by atoms with Crippen LogP contribution in [0.4, 0.5) is 0 Å². The number of carbonyl (C=O) groups is 2. The molecule has 0 radical (unpaired) electrons. The van der Waals surface area contributed by atoms with Crippen LogP contribution in [0.1, 0.15) is 40.3 Å². The van der Waals surface area contributed by atoms with E-state index in [0.717, 1.165) is 5.56 Å². The number of carboxylic acid groups (broad SMARTS) is 1. The first-order valence-electron chi connectivity index (χ1n) is 6.74. The normalized spacial score (nSPS) is 12.0. The lowest BCUT2D eigenvalue weighted by Crippen LogP contribution is -2.27. The smallest absolute Gasteiger partial charge is 0.339 e. The van der Waals surface area contributed by atoms with E-state index in [0.29, 0.717) is 16.5 Å². The van der Waals surface area contributed by atoms with E-state index < -0.39 is 5.97 Å². The Morgan fingerprint density at radius 3 is 2.68 bits per heavy atom. The summed E-state index contributed by atoms with van der Waals surface area (Å²) >= 11 is 5.91. The number of aromatic carboxylic acids is 1. The molecule has 1 unspecified atom stereocenters. The number of furan rings is 1. The largest absolute Gasteiger partial charge is 0.478 e. The first-order valence-corrected chi connectivity index (χ1v) is 7.12. The molecular weight excluding hydrogens is 306 g/mol. The molecule has 6 heteroatoms. The molecular formula is C16H16ClNO4. The van der Waals surface area contributed by atoms with Crippen molar-refractivity contribution in [3.8, 4) is 0 Å². The van der Waals surface area contributed by atoms with Gasteiger partial charge in [0.25, 0.3) is 0 Å². The molecule has 1 aromatic carbocycles. The summed E-state index contributed by atoms with van der Waals surface area (Å²) in [6, 6.07) is 8.52. The summed E-state index contributed by atoms with van der Waals surface area (Å²) in [5, 5.41) is 12.3. The maximum Gasteiger partial charge on any atom is 0.339 e. The quantitative estimate of drug-likeness (QED) is 0.885. The second-order valence-corrected chi connectivity index (χ2v) is 5.42. The van der Waals surface area contributed by atoms with Crippen molar-refractivity contribution in [2.24, 2.45) is 0 Å². The molecule has 1 aromatic heterocycles. The Balaban J connectivity index is 2.00. The number of amides is 1. The van der Waals surface area contributed by atoms with E-state index in [2.05, 4.69) is 5.32 Å². The van der Waals surface area contributed by atoms with Gasteiger partial charge in [-0.3, -0.25) is 4.79 Å². The van der Waals surface area contributed by atoms with Gasteiger partial charge in [-0.25, -0.2) is 4.79 Å². The molecule has 1 heterocycles. The molecule has 22 heavy (non-hydrogen) atoms. The fourth-order valence-corrected chi connectivity index (χ4v) is 2.30. The maximum absolute atomic E-state index is 12.1. The minimum absolute atomic E-state index is 0.104. The third kappa shape index (κ3) is 3.68. The van der Waals surface area contributed by atoms with Gasteiger partial charge in [0.1, 0.15) is 17.1 Å². The van der Waals surface area contributed by atoms with Gasteiger partial charge in [-0.1, -0.05) is 23.7 Å². The van der Waals surface area contributed by atoms with Crippen LogP contribution in [0.3, 0.4) is 0 Å². The number of hydrogen-bond donors (Lipinski definition) is 2. The zero-order valence-corrected chi connectivity index (χ0v) is 13.0. The van der Waals surface area contributed by atoms with E-state index in [4.69, 9.17) is 21.1 Å². The Bertz CT molecular complexity index is 708. The lowest BCUT2D eigenvalue weighted by Gasteiger charge is -2.12. The number of carboxylic acids is 1. The molecule has 0 aliphatic heterocycles. The van der Waals surface area contributed by atoms with E-state index in [9.17, 15) is 9.59 Å². The lowest BCUT2D eigenvalue weighted by molar-refractivity contribution is -0.122. The van der Waals surface area contributed by atoms with Crippen molar-refractivity contribution < 1.29 is 19.1 Å². The first kappa shape index (κ1) is 16.1. The van der Waals surface area contributed by atoms with Crippen molar-refractivity contribution in [2.75, 3.05) is 0 Å². The average molecular weight is 322 g/mol. The van der Waals surface area contributed by atoms with Crippen LogP contribution in [-0.2, 0) is 11.3 Å². The van der Waals surface area contributed by atoms with Gasteiger partial charge in [0.2, 0.25) is 5.91 Å². The van der Waals surface area contributed by atoms with Gasteiger partial charge < -0.3 is 14.8 Å². The minimum atomic E-state index is -1.05. The number of aryl methyl sites for hydroxylation is 1. The molecule has 0 bridgehead atoms. The Morgan fingerprint density at radius 1 is 1.36 bits per heavy atom. The number of halogens is 1. The number of benzene rings is 1. The van der Waals surface area contributed by atoms with Crippen LogP contribution in [0.15, 0.2) is 34.7 Å². The number of nitrogens with one attached hydrogen (secondary N) is 1. The molecule has 0 aliphatic rings. The molecule has 0 fully saturated rings. The maximum atomic E-state index is 12.1. The highest BCUT2D eigenvalue weighted by molar-refractivity contribution is 6.30. The van der Waals surface area contributed by atoms with E-state index in [1.165, 1.54) is 6.07 Å².